The van der Waals surface area contributed by atoms with E-state index in [0.717, 1.165) is 12.1 Å². The lowest BCUT2D eigenvalue weighted by Crippen LogP contribution is -2.21. The van der Waals surface area contributed by atoms with Gasteiger partial charge in [0.15, 0.2) is 0 Å². The van der Waals surface area contributed by atoms with Crippen LogP contribution < -0.4 is 5.32 Å². The third-order valence-electron chi connectivity index (χ3n) is 1.88. The van der Waals surface area contributed by atoms with E-state index in [1.165, 1.54) is 0 Å². The molecule has 0 aromatic heterocycles. The zero-order valence-corrected chi connectivity index (χ0v) is 8.98. The number of benzene rings is 1. The smallest absolute Gasteiger partial charge is 0.371 e. The van der Waals surface area contributed by atoms with Crippen LogP contribution in [0.15, 0.2) is 30.0 Å². The van der Waals surface area contributed by atoms with Crippen molar-refractivity contribution in [1.82, 2.24) is 5.32 Å². The Balaban J connectivity index is 2.63. The number of aliphatic hydroxyl groups is 1. The highest BCUT2D eigenvalue weighted by atomic mass is 19.1. The normalized spacial score (nSPS) is 11.1. The highest BCUT2D eigenvalue weighted by Crippen LogP contribution is 2.07. The van der Waals surface area contributed by atoms with E-state index in [4.69, 9.17) is 10.2 Å². The van der Waals surface area contributed by atoms with Gasteiger partial charge in [-0.25, -0.2) is 13.6 Å². The molecule has 1 rings (SSSR count). The molecule has 0 aliphatic carbocycles. The summed E-state index contributed by atoms with van der Waals surface area (Å²) in [5.74, 6) is -5.24. The summed E-state index contributed by atoms with van der Waals surface area (Å²) in [4.78, 5) is 21.3. The van der Waals surface area contributed by atoms with Gasteiger partial charge in [0.25, 0.3) is 0 Å². The van der Waals surface area contributed by atoms with E-state index < -0.39 is 29.3 Å². The van der Waals surface area contributed by atoms with Crippen molar-refractivity contribution in [3.05, 3.63) is 47.2 Å². The largest absolute Gasteiger partial charge is 0.502 e. The van der Waals surface area contributed by atoms with Crippen molar-refractivity contribution < 1.29 is 28.6 Å². The van der Waals surface area contributed by atoms with Crippen molar-refractivity contribution in [3.8, 4) is 0 Å². The summed E-state index contributed by atoms with van der Waals surface area (Å²) in [5.41, 5.74) is 0.170. The Labute approximate surface area is 100 Å². The number of carboxylic acids is 1. The van der Waals surface area contributed by atoms with E-state index >= 15 is 0 Å². The van der Waals surface area contributed by atoms with Gasteiger partial charge in [0, 0.05) is 12.6 Å². The molecule has 96 valence electrons. The lowest BCUT2D eigenvalue weighted by Gasteiger charge is -2.03. The van der Waals surface area contributed by atoms with Gasteiger partial charge >= 0.3 is 5.97 Å². The van der Waals surface area contributed by atoms with Crippen molar-refractivity contribution >= 4 is 11.9 Å². The first-order chi connectivity index (χ1) is 8.38. The van der Waals surface area contributed by atoms with Gasteiger partial charge in [0.2, 0.25) is 11.7 Å². The molecule has 18 heavy (non-hydrogen) atoms. The van der Waals surface area contributed by atoms with E-state index in [-0.39, 0.29) is 12.1 Å². The second-order valence-corrected chi connectivity index (χ2v) is 3.33. The molecule has 0 aliphatic heterocycles. The molecule has 0 atom stereocenters. The molecule has 1 aromatic carbocycles. The fraction of sp³-hybridized carbons (Fsp3) is 0.0909. The first-order valence-electron chi connectivity index (χ1n) is 4.75. The molecule has 0 radical (unpaired) electrons. The fourth-order valence-electron chi connectivity index (χ4n) is 1.14. The maximum Gasteiger partial charge on any atom is 0.371 e. The van der Waals surface area contributed by atoms with Gasteiger partial charge in [0.1, 0.15) is 11.6 Å². The molecular formula is C11H9F2NO4. The lowest BCUT2D eigenvalue weighted by molar-refractivity contribution is -0.136. The van der Waals surface area contributed by atoms with Gasteiger partial charge in [-0.05, 0) is 17.7 Å². The molecule has 0 spiro atoms. The van der Waals surface area contributed by atoms with E-state index in [1.54, 1.807) is 0 Å². The quantitative estimate of drug-likeness (QED) is 0.557. The number of aliphatic hydroxyl groups excluding tert-OH is 1. The van der Waals surface area contributed by atoms with Crippen LogP contribution in [-0.4, -0.2) is 22.1 Å². The average Bonchev–Trinajstić information content (AvgIpc) is 2.25. The van der Waals surface area contributed by atoms with Crippen LogP contribution in [0.1, 0.15) is 5.56 Å². The van der Waals surface area contributed by atoms with Crippen LogP contribution in [0, 0.1) is 11.6 Å². The van der Waals surface area contributed by atoms with E-state index in [1.807, 2.05) is 0 Å². The second kappa shape index (κ2) is 5.76. The van der Waals surface area contributed by atoms with Gasteiger partial charge in [-0.3, -0.25) is 4.79 Å². The number of hydrogen-bond donors (Lipinski definition) is 3. The predicted octanol–water partition coefficient (Wildman–Crippen LogP) is 1.11. The van der Waals surface area contributed by atoms with Gasteiger partial charge in [0.05, 0.1) is 6.08 Å². The Morgan fingerprint density at radius 2 is 1.72 bits per heavy atom. The van der Waals surface area contributed by atoms with Crippen molar-refractivity contribution in [1.29, 1.82) is 0 Å². The highest BCUT2D eigenvalue weighted by molar-refractivity contribution is 5.95. The van der Waals surface area contributed by atoms with Gasteiger partial charge in [-0.2, -0.15) is 0 Å². The first kappa shape index (κ1) is 13.6. The van der Waals surface area contributed by atoms with Gasteiger partial charge < -0.3 is 15.5 Å². The highest BCUT2D eigenvalue weighted by Gasteiger charge is 2.07. The zero-order valence-electron chi connectivity index (χ0n) is 8.98. The van der Waals surface area contributed by atoms with E-state index in [9.17, 15) is 18.4 Å². The molecule has 0 bridgehead atoms. The lowest BCUT2D eigenvalue weighted by atomic mass is 10.2. The van der Waals surface area contributed by atoms with Crippen molar-refractivity contribution in [3.63, 3.8) is 0 Å². The van der Waals surface area contributed by atoms with Crippen LogP contribution in [0.5, 0.6) is 0 Å². The minimum absolute atomic E-state index is 0.170. The van der Waals surface area contributed by atoms with Crippen LogP contribution in [-0.2, 0) is 16.1 Å². The molecular weight excluding hydrogens is 248 g/mol. The molecule has 0 aliphatic rings. The first-order valence-corrected chi connectivity index (χ1v) is 4.75. The average molecular weight is 257 g/mol. The SMILES string of the molecule is O=C(/C=C(\O)C(=O)O)NCc1cc(F)cc(F)c1. The number of aliphatic carboxylic acids is 1. The van der Waals surface area contributed by atoms with E-state index in [2.05, 4.69) is 5.32 Å². The summed E-state index contributed by atoms with van der Waals surface area (Å²) in [6, 6.07) is 2.72. The number of hydrogen-bond acceptors (Lipinski definition) is 3. The summed E-state index contributed by atoms with van der Waals surface area (Å²) < 4.78 is 25.6. The summed E-state index contributed by atoms with van der Waals surface area (Å²) in [6.45, 7) is -0.198. The number of nitrogens with one attached hydrogen (secondary N) is 1. The number of halogens is 2. The number of carbonyl (C=O) groups excluding carboxylic acids is 1. The molecule has 1 amide bonds. The minimum atomic E-state index is -1.65. The Bertz CT molecular complexity index is 494. The number of rotatable bonds is 4. The molecule has 7 heteroatoms. The summed E-state index contributed by atoms with van der Waals surface area (Å²) in [7, 11) is 0. The van der Waals surface area contributed by atoms with Crippen LogP contribution in [0.3, 0.4) is 0 Å². The Morgan fingerprint density at radius 3 is 2.22 bits per heavy atom. The summed E-state index contributed by atoms with van der Waals surface area (Å²) in [6.07, 6.45) is 0.456. The fourth-order valence-corrected chi connectivity index (χ4v) is 1.14. The second-order valence-electron chi connectivity index (χ2n) is 3.33. The third-order valence-corrected chi connectivity index (χ3v) is 1.88. The Hall–Kier alpha value is -2.44. The maximum atomic E-state index is 12.8. The molecule has 0 saturated carbocycles. The van der Waals surface area contributed by atoms with Crippen molar-refractivity contribution in [2.45, 2.75) is 6.54 Å². The molecule has 0 saturated heterocycles. The molecule has 0 fully saturated rings. The van der Waals surface area contributed by atoms with Gasteiger partial charge in [-0.1, -0.05) is 0 Å². The molecule has 0 heterocycles. The van der Waals surface area contributed by atoms with Crippen LogP contribution >= 0.6 is 0 Å². The topological polar surface area (TPSA) is 86.6 Å². The van der Waals surface area contributed by atoms with Crippen LogP contribution in [0.2, 0.25) is 0 Å². The van der Waals surface area contributed by atoms with Crippen molar-refractivity contribution in [2.24, 2.45) is 0 Å². The standard InChI is InChI=1S/C11H9F2NO4/c12-7-1-6(2-8(13)3-7)5-14-10(16)4-9(15)11(17)18/h1-4,15H,5H2,(H,14,16)(H,17,18)/b9-4-. The monoisotopic (exact) mass is 257 g/mol. The Morgan fingerprint density at radius 1 is 1.17 bits per heavy atom. The van der Waals surface area contributed by atoms with Crippen LogP contribution in [0.25, 0.3) is 0 Å². The molecule has 3 N–H and O–H groups in total. The van der Waals surface area contributed by atoms with Crippen LogP contribution in [0.4, 0.5) is 8.78 Å². The van der Waals surface area contributed by atoms with Crippen molar-refractivity contribution in [2.75, 3.05) is 0 Å². The molecule has 1 aromatic rings. The number of carbonyl (C=O) groups is 2. The molecule has 0 unspecified atom stereocenters. The summed E-state index contributed by atoms with van der Waals surface area (Å²) in [5, 5.41) is 19.2. The zero-order chi connectivity index (χ0) is 13.7. The maximum absolute atomic E-state index is 12.8. The molecule has 5 nitrogen and oxygen atoms in total. The van der Waals surface area contributed by atoms with E-state index in [0.29, 0.717) is 12.1 Å². The third kappa shape index (κ3) is 4.20. The van der Waals surface area contributed by atoms with Gasteiger partial charge in [-0.15, -0.1) is 0 Å². The summed E-state index contributed by atoms with van der Waals surface area (Å²) >= 11 is 0. The number of carboxylic acid groups (broad SMARTS) is 1. The minimum Gasteiger partial charge on any atom is -0.502 e. The predicted molar refractivity (Wildman–Crippen MR) is 56.6 cm³/mol. The Kier molecular flexibility index (Phi) is 4.36. The number of amides is 1.